The van der Waals surface area contributed by atoms with Crippen molar-refractivity contribution in [1.82, 2.24) is 9.78 Å². The molecule has 0 aliphatic carbocycles. The minimum atomic E-state index is -3.43. The lowest BCUT2D eigenvalue weighted by Crippen LogP contribution is -2.17. The number of benzene rings is 1. The van der Waals surface area contributed by atoms with E-state index in [9.17, 15) is 18.3 Å². The Morgan fingerprint density at radius 2 is 1.92 bits per heavy atom. The summed E-state index contributed by atoms with van der Waals surface area (Å²) in [6.07, 6.45) is 2.45. The van der Waals surface area contributed by atoms with Crippen LogP contribution in [0, 0.1) is 6.92 Å². The molecule has 1 aromatic carbocycles. The van der Waals surface area contributed by atoms with Gasteiger partial charge < -0.3 is 10.0 Å². The van der Waals surface area contributed by atoms with E-state index in [4.69, 9.17) is 0 Å². The molecule has 0 radical (unpaired) electrons. The van der Waals surface area contributed by atoms with Gasteiger partial charge in [0.05, 0.1) is 16.8 Å². The van der Waals surface area contributed by atoms with Gasteiger partial charge in [-0.05, 0) is 31.5 Å². The smallest absolute Gasteiger partial charge is 0.220 e. The SMILES string of the molecule is CCn1ncc(C(=O)c2ccc(S(C)(=O)=O)c(N(C)C)c2C)c1O. The van der Waals surface area contributed by atoms with Gasteiger partial charge in [0.15, 0.2) is 15.6 Å². The quantitative estimate of drug-likeness (QED) is 0.823. The van der Waals surface area contributed by atoms with E-state index < -0.39 is 15.6 Å². The van der Waals surface area contributed by atoms with E-state index in [0.717, 1.165) is 6.26 Å². The van der Waals surface area contributed by atoms with Crippen LogP contribution in [0.4, 0.5) is 5.69 Å². The van der Waals surface area contributed by atoms with E-state index in [0.29, 0.717) is 23.4 Å². The van der Waals surface area contributed by atoms with Crippen LogP contribution in [0.5, 0.6) is 5.88 Å². The summed E-state index contributed by atoms with van der Waals surface area (Å²) >= 11 is 0. The number of anilines is 1. The van der Waals surface area contributed by atoms with Crippen molar-refractivity contribution in [3.8, 4) is 5.88 Å². The van der Waals surface area contributed by atoms with Crippen LogP contribution in [-0.2, 0) is 16.4 Å². The number of carbonyl (C=O) groups excluding carboxylic acids is 1. The standard InChI is InChI=1S/C16H21N3O4S/c1-6-19-16(21)12(9-17-19)15(20)11-7-8-13(24(5,22)23)14(10(11)2)18(3)4/h7-9,21H,6H2,1-5H3. The number of ketones is 1. The molecule has 2 rings (SSSR count). The average Bonchev–Trinajstić information content (AvgIpc) is 2.85. The Morgan fingerprint density at radius 1 is 1.29 bits per heavy atom. The molecule has 2 aromatic rings. The van der Waals surface area contributed by atoms with Crippen LogP contribution < -0.4 is 4.90 Å². The Morgan fingerprint density at radius 3 is 2.38 bits per heavy atom. The third kappa shape index (κ3) is 3.01. The van der Waals surface area contributed by atoms with E-state index in [1.54, 1.807) is 32.8 Å². The van der Waals surface area contributed by atoms with Crippen LogP contribution >= 0.6 is 0 Å². The van der Waals surface area contributed by atoms with Gasteiger partial charge in [-0.2, -0.15) is 5.10 Å². The molecule has 0 aliphatic heterocycles. The second-order valence-electron chi connectivity index (χ2n) is 5.78. The maximum atomic E-state index is 12.8. The predicted octanol–water partition coefficient (Wildman–Crippen LogP) is 1.62. The summed E-state index contributed by atoms with van der Waals surface area (Å²) in [5, 5.41) is 14.1. The Labute approximate surface area is 141 Å². The highest BCUT2D eigenvalue weighted by Crippen LogP contribution is 2.32. The number of sulfone groups is 1. The number of aromatic hydroxyl groups is 1. The van der Waals surface area contributed by atoms with Crippen molar-refractivity contribution in [2.24, 2.45) is 0 Å². The minimum Gasteiger partial charge on any atom is -0.493 e. The molecule has 8 heteroatoms. The number of nitrogens with zero attached hydrogens (tertiary/aromatic N) is 3. The Kier molecular flexibility index (Phi) is 4.70. The molecule has 0 fully saturated rings. The fourth-order valence-corrected chi connectivity index (χ4v) is 3.69. The molecule has 0 saturated heterocycles. The highest BCUT2D eigenvalue weighted by Gasteiger charge is 2.25. The Balaban J connectivity index is 2.66. The first kappa shape index (κ1) is 18.0. The molecule has 0 atom stereocenters. The first-order valence-electron chi connectivity index (χ1n) is 7.40. The summed E-state index contributed by atoms with van der Waals surface area (Å²) < 4.78 is 25.3. The van der Waals surface area contributed by atoms with Gasteiger partial charge in [-0.1, -0.05) is 0 Å². The molecular formula is C16H21N3O4S. The van der Waals surface area contributed by atoms with Gasteiger partial charge in [0, 0.05) is 32.5 Å². The van der Waals surface area contributed by atoms with Crippen molar-refractivity contribution in [3.63, 3.8) is 0 Å². The second kappa shape index (κ2) is 6.27. The van der Waals surface area contributed by atoms with Gasteiger partial charge in [0.25, 0.3) is 0 Å². The van der Waals surface area contributed by atoms with Crippen molar-refractivity contribution < 1.29 is 18.3 Å². The van der Waals surface area contributed by atoms with Crippen molar-refractivity contribution in [2.45, 2.75) is 25.3 Å². The topological polar surface area (TPSA) is 92.5 Å². The molecule has 1 aromatic heterocycles. The van der Waals surface area contributed by atoms with Gasteiger partial charge >= 0.3 is 0 Å². The van der Waals surface area contributed by atoms with E-state index in [1.807, 2.05) is 0 Å². The zero-order chi connectivity index (χ0) is 18.2. The fourth-order valence-electron chi connectivity index (χ4n) is 2.69. The molecule has 130 valence electrons. The third-order valence-electron chi connectivity index (χ3n) is 3.84. The molecule has 0 unspecified atom stereocenters. The van der Waals surface area contributed by atoms with E-state index >= 15 is 0 Å². The summed E-state index contributed by atoms with van der Waals surface area (Å²) in [4.78, 5) is 14.6. The van der Waals surface area contributed by atoms with Gasteiger partial charge in [-0.25, -0.2) is 13.1 Å². The summed E-state index contributed by atoms with van der Waals surface area (Å²) in [6.45, 7) is 3.93. The van der Waals surface area contributed by atoms with Crippen LogP contribution in [-0.4, -0.2) is 49.4 Å². The van der Waals surface area contributed by atoms with Crippen LogP contribution in [0.3, 0.4) is 0 Å². The molecule has 0 aliphatic rings. The zero-order valence-electron chi connectivity index (χ0n) is 14.4. The molecule has 1 N–H and O–H groups in total. The Bertz CT molecular complexity index is 898. The van der Waals surface area contributed by atoms with Crippen LogP contribution in [0.2, 0.25) is 0 Å². The van der Waals surface area contributed by atoms with E-state index in [1.165, 1.54) is 23.0 Å². The molecule has 0 amide bonds. The van der Waals surface area contributed by atoms with Crippen LogP contribution in [0.25, 0.3) is 0 Å². The maximum Gasteiger partial charge on any atom is 0.220 e. The largest absolute Gasteiger partial charge is 0.493 e. The van der Waals surface area contributed by atoms with Crippen LogP contribution in [0.1, 0.15) is 28.4 Å². The molecule has 7 nitrogen and oxygen atoms in total. The number of hydrogen-bond acceptors (Lipinski definition) is 6. The van der Waals surface area contributed by atoms with Crippen molar-refractivity contribution in [3.05, 3.63) is 35.0 Å². The lowest BCUT2D eigenvalue weighted by Gasteiger charge is -2.21. The first-order chi connectivity index (χ1) is 11.1. The number of aryl methyl sites for hydroxylation is 1. The zero-order valence-corrected chi connectivity index (χ0v) is 15.2. The van der Waals surface area contributed by atoms with E-state index in [2.05, 4.69) is 5.10 Å². The third-order valence-corrected chi connectivity index (χ3v) is 4.97. The number of rotatable bonds is 5. The average molecular weight is 351 g/mol. The van der Waals surface area contributed by atoms with E-state index in [-0.39, 0.29) is 16.3 Å². The number of carbonyl (C=O) groups is 1. The van der Waals surface area contributed by atoms with Crippen molar-refractivity contribution >= 4 is 21.3 Å². The van der Waals surface area contributed by atoms with Crippen LogP contribution in [0.15, 0.2) is 23.2 Å². The van der Waals surface area contributed by atoms with Crippen molar-refractivity contribution in [1.29, 1.82) is 0 Å². The summed E-state index contributed by atoms with van der Waals surface area (Å²) in [5.74, 6) is -0.589. The van der Waals surface area contributed by atoms with Gasteiger partial charge in [0.2, 0.25) is 5.88 Å². The number of hydrogen-bond donors (Lipinski definition) is 1. The predicted molar refractivity (Wildman–Crippen MR) is 91.6 cm³/mol. The molecule has 1 heterocycles. The van der Waals surface area contributed by atoms with Crippen molar-refractivity contribution in [2.75, 3.05) is 25.3 Å². The highest BCUT2D eigenvalue weighted by atomic mass is 32.2. The Hall–Kier alpha value is -2.35. The van der Waals surface area contributed by atoms with Gasteiger partial charge in [-0.3, -0.25) is 4.79 Å². The first-order valence-corrected chi connectivity index (χ1v) is 9.29. The maximum absolute atomic E-state index is 12.8. The summed E-state index contributed by atoms with van der Waals surface area (Å²) in [6, 6.07) is 2.90. The minimum absolute atomic E-state index is 0.0942. The lowest BCUT2D eigenvalue weighted by molar-refractivity contribution is 0.103. The molecule has 0 saturated carbocycles. The van der Waals surface area contributed by atoms with Gasteiger partial charge in [0.1, 0.15) is 5.56 Å². The van der Waals surface area contributed by atoms with Gasteiger partial charge in [-0.15, -0.1) is 0 Å². The monoisotopic (exact) mass is 351 g/mol. The number of aromatic nitrogens is 2. The normalized spacial score (nSPS) is 11.5. The summed E-state index contributed by atoms with van der Waals surface area (Å²) in [7, 11) is 0.00529. The lowest BCUT2D eigenvalue weighted by atomic mass is 9.99. The highest BCUT2D eigenvalue weighted by molar-refractivity contribution is 7.90. The molecule has 24 heavy (non-hydrogen) atoms. The molecule has 0 bridgehead atoms. The summed E-state index contributed by atoms with van der Waals surface area (Å²) in [5.41, 5.74) is 1.43. The second-order valence-corrected chi connectivity index (χ2v) is 7.76. The molecule has 0 spiro atoms. The molecular weight excluding hydrogens is 330 g/mol. The fraction of sp³-hybridized carbons (Fsp3) is 0.375.